The molecule has 0 radical (unpaired) electrons. The van der Waals surface area contributed by atoms with Gasteiger partial charge in [0.2, 0.25) is 0 Å². The minimum absolute atomic E-state index is 0.223. The van der Waals surface area contributed by atoms with Gasteiger partial charge in [0, 0.05) is 18.6 Å². The highest BCUT2D eigenvalue weighted by atomic mass is 32.2. The molecule has 1 heterocycles. The van der Waals surface area contributed by atoms with Gasteiger partial charge in [-0.15, -0.1) is 0 Å². The number of rotatable bonds is 3. The van der Waals surface area contributed by atoms with E-state index in [0.717, 1.165) is 6.42 Å². The van der Waals surface area contributed by atoms with Crippen LogP contribution in [-0.4, -0.2) is 43.5 Å². The molecular weight excluding hydrogens is 210 g/mol. The lowest BCUT2D eigenvalue weighted by Gasteiger charge is -2.40. The third kappa shape index (κ3) is 3.18. The maximum absolute atomic E-state index is 11.5. The highest BCUT2D eigenvalue weighted by molar-refractivity contribution is 7.91. The van der Waals surface area contributed by atoms with Gasteiger partial charge in [0.05, 0.1) is 11.5 Å². The monoisotopic (exact) mass is 233 g/mol. The quantitative estimate of drug-likeness (QED) is 0.742. The number of hydrogen-bond donors (Lipinski definition) is 0. The first-order valence-electron chi connectivity index (χ1n) is 5.83. The molecule has 0 N–H and O–H groups in total. The van der Waals surface area contributed by atoms with Crippen LogP contribution in [0.2, 0.25) is 0 Å². The number of sulfone groups is 1. The molecule has 0 aromatic rings. The van der Waals surface area contributed by atoms with E-state index in [9.17, 15) is 8.42 Å². The minimum Gasteiger partial charge on any atom is -0.295 e. The Balaban J connectivity index is 2.75. The van der Waals surface area contributed by atoms with Gasteiger partial charge >= 0.3 is 0 Å². The number of hydrogen-bond acceptors (Lipinski definition) is 3. The summed E-state index contributed by atoms with van der Waals surface area (Å²) in [6, 6.07) is 0.701. The molecule has 1 rings (SSSR count). The van der Waals surface area contributed by atoms with Crippen molar-refractivity contribution in [3.05, 3.63) is 0 Å². The zero-order valence-electron chi connectivity index (χ0n) is 10.2. The molecule has 0 spiro atoms. The average Bonchev–Trinajstić information content (AvgIpc) is 2.15. The molecule has 1 fully saturated rings. The summed E-state index contributed by atoms with van der Waals surface area (Å²) in [5, 5.41) is 0. The van der Waals surface area contributed by atoms with Crippen molar-refractivity contribution >= 4 is 9.84 Å². The van der Waals surface area contributed by atoms with Gasteiger partial charge in [0.25, 0.3) is 0 Å². The second-order valence-electron chi connectivity index (χ2n) is 4.90. The molecule has 0 amide bonds. The Morgan fingerprint density at radius 2 is 1.93 bits per heavy atom. The van der Waals surface area contributed by atoms with Crippen molar-refractivity contribution in [2.45, 2.75) is 46.2 Å². The van der Waals surface area contributed by atoms with Crippen LogP contribution < -0.4 is 0 Å². The van der Waals surface area contributed by atoms with Crippen LogP contribution in [0, 0.1) is 5.92 Å². The van der Waals surface area contributed by atoms with Gasteiger partial charge in [-0.3, -0.25) is 4.90 Å². The molecule has 90 valence electrons. The van der Waals surface area contributed by atoms with Crippen molar-refractivity contribution in [2.24, 2.45) is 5.92 Å². The molecule has 3 nitrogen and oxygen atoms in total. The number of nitrogens with zero attached hydrogens (tertiary/aromatic N) is 1. The lowest BCUT2D eigenvalue weighted by atomic mass is 10.0. The summed E-state index contributed by atoms with van der Waals surface area (Å²) in [6.07, 6.45) is 0.927. The van der Waals surface area contributed by atoms with E-state index in [1.807, 2.05) is 0 Å². The fourth-order valence-electron chi connectivity index (χ4n) is 2.17. The summed E-state index contributed by atoms with van der Waals surface area (Å²) in [4.78, 5) is 2.37. The van der Waals surface area contributed by atoms with Crippen LogP contribution in [0.3, 0.4) is 0 Å². The van der Waals surface area contributed by atoms with Crippen molar-refractivity contribution in [3.8, 4) is 0 Å². The molecule has 4 heteroatoms. The predicted molar refractivity (Wildman–Crippen MR) is 63.7 cm³/mol. The third-order valence-corrected chi connectivity index (χ3v) is 5.23. The van der Waals surface area contributed by atoms with Gasteiger partial charge < -0.3 is 0 Å². The molecule has 0 saturated carbocycles. The van der Waals surface area contributed by atoms with Crippen molar-refractivity contribution in [1.29, 1.82) is 0 Å². The van der Waals surface area contributed by atoms with Crippen molar-refractivity contribution in [1.82, 2.24) is 4.90 Å². The van der Waals surface area contributed by atoms with Gasteiger partial charge in [-0.1, -0.05) is 20.8 Å². The Bertz CT molecular complexity index is 298. The summed E-state index contributed by atoms with van der Waals surface area (Å²) < 4.78 is 23.1. The maximum Gasteiger partial charge on any atom is 0.153 e. The lowest BCUT2D eigenvalue weighted by Crippen LogP contribution is -2.53. The molecule has 1 aliphatic rings. The fraction of sp³-hybridized carbons (Fsp3) is 1.00. The molecular formula is C11H23NO2S. The summed E-state index contributed by atoms with van der Waals surface area (Å²) in [5.74, 6) is 1.26. The Hall–Kier alpha value is -0.0900. The van der Waals surface area contributed by atoms with E-state index in [4.69, 9.17) is 0 Å². The zero-order valence-corrected chi connectivity index (χ0v) is 11.0. The molecule has 0 aromatic heterocycles. The van der Waals surface area contributed by atoms with Gasteiger partial charge in [-0.25, -0.2) is 8.42 Å². The van der Waals surface area contributed by atoms with Gasteiger partial charge in [0.15, 0.2) is 9.84 Å². The van der Waals surface area contributed by atoms with Crippen molar-refractivity contribution in [2.75, 3.05) is 18.1 Å². The molecule has 15 heavy (non-hydrogen) atoms. The normalized spacial score (nSPS) is 29.3. The van der Waals surface area contributed by atoms with E-state index in [1.165, 1.54) is 0 Å². The van der Waals surface area contributed by atoms with E-state index in [0.29, 0.717) is 30.0 Å². The predicted octanol–water partition coefficient (Wildman–Crippen LogP) is 1.54. The average molecular weight is 233 g/mol. The van der Waals surface area contributed by atoms with Crippen LogP contribution >= 0.6 is 0 Å². The SMILES string of the molecule is CCC1CS(=O)(=O)CCN1C(C)C(C)C. The summed E-state index contributed by atoms with van der Waals surface area (Å²) in [7, 11) is -2.78. The Morgan fingerprint density at radius 1 is 1.33 bits per heavy atom. The Kier molecular flexibility index (Phi) is 4.18. The van der Waals surface area contributed by atoms with Crippen LogP contribution in [0.15, 0.2) is 0 Å². The largest absolute Gasteiger partial charge is 0.295 e. The second kappa shape index (κ2) is 4.83. The van der Waals surface area contributed by atoms with Crippen LogP contribution in [0.5, 0.6) is 0 Å². The van der Waals surface area contributed by atoms with Crippen LogP contribution in [0.1, 0.15) is 34.1 Å². The van der Waals surface area contributed by atoms with Crippen molar-refractivity contribution < 1.29 is 8.42 Å². The molecule has 0 aliphatic carbocycles. The lowest BCUT2D eigenvalue weighted by molar-refractivity contribution is 0.122. The molecule has 0 aromatic carbocycles. The van der Waals surface area contributed by atoms with E-state index >= 15 is 0 Å². The van der Waals surface area contributed by atoms with Gasteiger partial charge in [0.1, 0.15) is 0 Å². The third-order valence-electron chi connectivity index (χ3n) is 3.54. The summed E-state index contributed by atoms with van der Waals surface area (Å²) in [6.45, 7) is 9.37. The van der Waals surface area contributed by atoms with E-state index in [1.54, 1.807) is 0 Å². The zero-order chi connectivity index (χ0) is 11.6. The summed E-state index contributed by atoms with van der Waals surface area (Å²) in [5.41, 5.74) is 0. The smallest absolute Gasteiger partial charge is 0.153 e. The highest BCUT2D eigenvalue weighted by Gasteiger charge is 2.33. The highest BCUT2D eigenvalue weighted by Crippen LogP contribution is 2.21. The van der Waals surface area contributed by atoms with E-state index in [-0.39, 0.29) is 6.04 Å². The summed E-state index contributed by atoms with van der Waals surface area (Å²) >= 11 is 0. The molecule has 1 aliphatic heterocycles. The molecule has 2 atom stereocenters. The standard InChI is InChI=1S/C11H23NO2S/c1-5-11-8-15(13,14)7-6-12(11)10(4)9(2)3/h9-11H,5-8H2,1-4H3. The Labute approximate surface area is 93.8 Å². The van der Waals surface area contributed by atoms with E-state index in [2.05, 4.69) is 32.6 Å². The van der Waals surface area contributed by atoms with E-state index < -0.39 is 9.84 Å². The maximum atomic E-state index is 11.5. The minimum atomic E-state index is -2.78. The van der Waals surface area contributed by atoms with Crippen molar-refractivity contribution in [3.63, 3.8) is 0 Å². The molecule has 2 unspecified atom stereocenters. The molecule has 0 bridgehead atoms. The van der Waals surface area contributed by atoms with Gasteiger partial charge in [-0.2, -0.15) is 0 Å². The van der Waals surface area contributed by atoms with Gasteiger partial charge in [-0.05, 0) is 19.3 Å². The van der Waals surface area contributed by atoms with Crippen LogP contribution in [0.4, 0.5) is 0 Å². The van der Waals surface area contributed by atoms with Crippen LogP contribution in [-0.2, 0) is 9.84 Å². The Morgan fingerprint density at radius 3 is 2.40 bits per heavy atom. The molecule has 1 saturated heterocycles. The fourth-order valence-corrected chi connectivity index (χ4v) is 3.84. The first-order chi connectivity index (χ1) is 6.87. The first-order valence-corrected chi connectivity index (χ1v) is 7.65. The first kappa shape index (κ1) is 13.0. The van der Waals surface area contributed by atoms with Crippen LogP contribution in [0.25, 0.3) is 0 Å². The second-order valence-corrected chi connectivity index (χ2v) is 7.13. The topological polar surface area (TPSA) is 37.4 Å².